The van der Waals surface area contributed by atoms with Crippen LogP contribution in [0.2, 0.25) is 5.02 Å². The van der Waals surface area contributed by atoms with Crippen molar-refractivity contribution in [3.05, 3.63) is 28.8 Å². The Morgan fingerprint density at radius 1 is 1.40 bits per heavy atom. The molecule has 1 spiro atoms. The van der Waals surface area contributed by atoms with Crippen LogP contribution in [0.1, 0.15) is 30.1 Å². The van der Waals surface area contributed by atoms with Gasteiger partial charge in [0.2, 0.25) is 5.91 Å². The molecule has 1 aromatic carbocycles. The molecule has 0 N–H and O–H groups in total. The van der Waals surface area contributed by atoms with Crippen LogP contribution in [0.3, 0.4) is 0 Å². The van der Waals surface area contributed by atoms with Gasteiger partial charge < -0.3 is 0 Å². The van der Waals surface area contributed by atoms with Gasteiger partial charge in [0.1, 0.15) is 5.54 Å². The molecule has 4 nitrogen and oxygen atoms in total. The second kappa shape index (κ2) is 4.30. The fourth-order valence-corrected chi connectivity index (χ4v) is 2.95. The van der Waals surface area contributed by atoms with Crippen LogP contribution >= 0.6 is 11.6 Å². The molecular weight excluding hydrogens is 276 g/mol. The molecule has 20 heavy (non-hydrogen) atoms. The van der Waals surface area contributed by atoms with E-state index in [1.54, 1.807) is 23.1 Å². The number of Topliss-reactive ketones (excluding diaryl/α,β-unsaturated/α-hetero) is 1. The van der Waals surface area contributed by atoms with Gasteiger partial charge in [-0.2, -0.15) is 0 Å². The van der Waals surface area contributed by atoms with Gasteiger partial charge in [-0.15, -0.1) is 0 Å². The van der Waals surface area contributed by atoms with E-state index in [9.17, 15) is 9.59 Å². The second-order valence-corrected chi connectivity index (χ2v) is 6.27. The summed E-state index contributed by atoms with van der Waals surface area (Å²) in [6.45, 7) is 1.86. The first-order valence-electron chi connectivity index (χ1n) is 6.73. The third-order valence-corrected chi connectivity index (χ3v) is 4.61. The molecule has 0 radical (unpaired) electrons. The molecule has 1 heterocycles. The summed E-state index contributed by atoms with van der Waals surface area (Å²) in [5.74, 6) is 0.0104. The van der Waals surface area contributed by atoms with Crippen molar-refractivity contribution in [2.45, 2.75) is 31.3 Å². The molecule has 3 rings (SSSR count). The molecule has 1 aliphatic heterocycles. The van der Waals surface area contributed by atoms with E-state index in [-0.39, 0.29) is 17.7 Å². The summed E-state index contributed by atoms with van der Waals surface area (Å²) in [5.41, 5.74) is 0.652. The number of fused-ring (bicyclic) bond motifs is 1. The number of carbonyl (C=O) groups is 2. The minimum Gasteiger partial charge on any atom is -0.298 e. The highest BCUT2D eigenvalue weighted by Gasteiger charge is 2.62. The highest BCUT2D eigenvalue weighted by molar-refractivity contribution is 6.32. The number of nitrogens with zero attached hydrogens (tertiary/aromatic N) is 2. The number of carbonyl (C=O) groups excluding carboxylic acids is 2. The maximum Gasteiger partial charge on any atom is 0.244 e. The Bertz CT molecular complexity index is 608. The van der Waals surface area contributed by atoms with Crippen molar-refractivity contribution in [3.63, 3.8) is 0 Å². The molecule has 1 fully saturated rings. The minimum atomic E-state index is -0.631. The number of benzene rings is 1. The van der Waals surface area contributed by atoms with Crippen molar-refractivity contribution >= 4 is 29.0 Å². The molecule has 1 atom stereocenters. The van der Waals surface area contributed by atoms with Crippen molar-refractivity contribution in [1.29, 1.82) is 0 Å². The van der Waals surface area contributed by atoms with E-state index in [1.165, 1.54) is 0 Å². The number of anilines is 1. The quantitative estimate of drug-likeness (QED) is 0.840. The number of rotatable bonds is 2. The van der Waals surface area contributed by atoms with Crippen molar-refractivity contribution in [2.24, 2.45) is 0 Å². The van der Waals surface area contributed by atoms with Gasteiger partial charge >= 0.3 is 0 Å². The number of ketones is 1. The first-order valence-corrected chi connectivity index (χ1v) is 7.11. The summed E-state index contributed by atoms with van der Waals surface area (Å²) < 4.78 is 0. The first kappa shape index (κ1) is 13.6. The number of halogens is 1. The van der Waals surface area contributed by atoms with Crippen LogP contribution in [-0.2, 0) is 4.79 Å². The van der Waals surface area contributed by atoms with Crippen LogP contribution in [-0.4, -0.2) is 42.3 Å². The Hall–Kier alpha value is -1.39. The van der Waals surface area contributed by atoms with Gasteiger partial charge in [0.15, 0.2) is 5.78 Å². The zero-order valence-electron chi connectivity index (χ0n) is 11.8. The van der Waals surface area contributed by atoms with E-state index in [2.05, 4.69) is 0 Å². The summed E-state index contributed by atoms with van der Waals surface area (Å²) in [6, 6.07) is 4.92. The van der Waals surface area contributed by atoms with Crippen LogP contribution < -0.4 is 4.90 Å². The standard InChI is InChI=1S/C15H17ClN2O2/c1-9(17(2)3)14(20)18-12-5-4-10(16)8-11(12)13(19)15(18)6-7-15/h4-5,8-9H,6-7H2,1-3H3. The molecule has 106 valence electrons. The maximum atomic E-state index is 12.7. The molecule has 2 aliphatic rings. The molecule has 1 amide bonds. The van der Waals surface area contributed by atoms with Crippen LogP contribution in [0.25, 0.3) is 0 Å². The molecule has 0 aromatic heterocycles. The summed E-state index contributed by atoms with van der Waals surface area (Å²) in [4.78, 5) is 28.9. The Kier molecular flexibility index (Phi) is 2.92. The summed E-state index contributed by atoms with van der Waals surface area (Å²) in [7, 11) is 3.73. The van der Waals surface area contributed by atoms with Crippen LogP contribution in [0.4, 0.5) is 5.69 Å². The first-order chi connectivity index (χ1) is 9.38. The molecule has 1 aromatic rings. The highest BCUT2D eigenvalue weighted by Crippen LogP contribution is 2.53. The smallest absolute Gasteiger partial charge is 0.244 e. The molecular formula is C15H17ClN2O2. The Balaban J connectivity index is 2.08. The van der Waals surface area contributed by atoms with Gasteiger partial charge in [-0.25, -0.2) is 0 Å². The highest BCUT2D eigenvalue weighted by atomic mass is 35.5. The van der Waals surface area contributed by atoms with E-state index < -0.39 is 5.54 Å². The molecule has 1 unspecified atom stereocenters. The van der Waals surface area contributed by atoms with Crippen LogP contribution in [0.15, 0.2) is 18.2 Å². The third-order valence-electron chi connectivity index (χ3n) is 4.37. The lowest BCUT2D eigenvalue weighted by Crippen LogP contribution is -2.50. The Morgan fingerprint density at radius 2 is 2.05 bits per heavy atom. The molecule has 0 saturated heterocycles. The van der Waals surface area contributed by atoms with E-state index in [4.69, 9.17) is 11.6 Å². The van der Waals surface area contributed by atoms with Crippen molar-refractivity contribution in [2.75, 3.05) is 19.0 Å². The Morgan fingerprint density at radius 3 is 2.60 bits per heavy atom. The predicted octanol–water partition coefficient (Wildman–Crippen LogP) is 2.35. The third kappa shape index (κ3) is 1.71. The zero-order valence-corrected chi connectivity index (χ0v) is 12.6. The number of hydrogen-bond donors (Lipinski definition) is 0. The van der Waals surface area contributed by atoms with Gasteiger partial charge in [0, 0.05) is 10.6 Å². The summed E-state index contributed by atoms with van der Waals surface area (Å²) in [6.07, 6.45) is 1.48. The van der Waals surface area contributed by atoms with Gasteiger partial charge in [-0.3, -0.25) is 19.4 Å². The fraction of sp³-hybridized carbons (Fsp3) is 0.467. The normalized spacial score (nSPS) is 20.4. The lowest BCUT2D eigenvalue weighted by atomic mass is 10.1. The van der Waals surface area contributed by atoms with E-state index in [1.807, 2.05) is 25.9 Å². The average molecular weight is 293 g/mol. The minimum absolute atomic E-state index is 0.0260. The maximum absolute atomic E-state index is 12.7. The average Bonchev–Trinajstić information content (AvgIpc) is 3.15. The zero-order chi connectivity index (χ0) is 14.7. The fourth-order valence-electron chi connectivity index (χ4n) is 2.77. The summed E-state index contributed by atoms with van der Waals surface area (Å²) >= 11 is 5.98. The van der Waals surface area contributed by atoms with Gasteiger partial charge in [0.05, 0.1) is 11.7 Å². The lowest BCUT2D eigenvalue weighted by molar-refractivity contribution is -0.122. The molecule has 0 bridgehead atoms. The topological polar surface area (TPSA) is 40.6 Å². The van der Waals surface area contributed by atoms with Crippen molar-refractivity contribution < 1.29 is 9.59 Å². The Labute approximate surface area is 123 Å². The van der Waals surface area contributed by atoms with Crippen molar-refractivity contribution in [3.8, 4) is 0 Å². The van der Waals surface area contributed by atoms with Crippen molar-refractivity contribution in [1.82, 2.24) is 4.90 Å². The van der Waals surface area contributed by atoms with Gasteiger partial charge in [-0.05, 0) is 52.1 Å². The molecule has 1 aliphatic carbocycles. The lowest BCUT2D eigenvalue weighted by Gasteiger charge is -2.29. The monoisotopic (exact) mass is 292 g/mol. The van der Waals surface area contributed by atoms with Crippen LogP contribution in [0.5, 0.6) is 0 Å². The van der Waals surface area contributed by atoms with Gasteiger partial charge in [0.25, 0.3) is 0 Å². The van der Waals surface area contributed by atoms with Crippen LogP contribution in [0, 0.1) is 0 Å². The largest absolute Gasteiger partial charge is 0.298 e. The number of likely N-dealkylation sites (N-methyl/N-ethyl adjacent to an activating group) is 1. The predicted molar refractivity (Wildman–Crippen MR) is 78.4 cm³/mol. The molecule has 5 heteroatoms. The number of hydrogen-bond acceptors (Lipinski definition) is 3. The summed E-state index contributed by atoms with van der Waals surface area (Å²) in [5, 5.41) is 0.530. The second-order valence-electron chi connectivity index (χ2n) is 5.84. The van der Waals surface area contributed by atoms with E-state index in [0.717, 1.165) is 12.8 Å². The SMILES string of the molecule is CC(C(=O)N1c2ccc(Cl)cc2C(=O)C12CC2)N(C)C. The van der Waals surface area contributed by atoms with E-state index >= 15 is 0 Å². The van der Waals surface area contributed by atoms with Gasteiger partial charge in [-0.1, -0.05) is 11.6 Å². The molecule has 1 saturated carbocycles. The van der Waals surface area contributed by atoms with E-state index in [0.29, 0.717) is 16.3 Å². The number of amides is 1.